The zero-order valence-corrected chi connectivity index (χ0v) is 13.9. The first-order valence-corrected chi connectivity index (χ1v) is 8.27. The van der Waals surface area contributed by atoms with Crippen LogP contribution in [0.15, 0.2) is 17.8 Å². The molecule has 0 saturated heterocycles. The highest BCUT2D eigenvalue weighted by molar-refractivity contribution is 7.10. The van der Waals surface area contributed by atoms with E-state index in [2.05, 4.69) is 33.7 Å². The Morgan fingerprint density at radius 3 is 2.81 bits per heavy atom. The lowest BCUT2D eigenvalue weighted by molar-refractivity contribution is 0.365. The van der Waals surface area contributed by atoms with E-state index in [9.17, 15) is 4.39 Å². The van der Waals surface area contributed by atoms with Crippen molar-refractivity contribution in [3.63, 3.8) is 0 Å². The second-order valence-electron chi connectivity index (χ2n) is 5.01. The molecule has 2 aromatic heterocycles. The molecule has 3 nitrogen and oxygen atoms in total. The quantitative estimate of drug-likeness (QED) is 0.777. The number of hydrogen-bond acceptors (Lipinski definition) is 4. The van der Waals surface area contributed by atoms with E-state index in [1.165, 1.54) is 23.7 Å². The summed E-state index contributed by atoms with van der Waals surface area (Å²) in [5.41, 5.74) is 1.57. The van der Waals surface area contributed by atoms with Gasteiger partial charge in [0, 0.05) is 4.88 Å². The van der Waals surface area contributed by atoms with E-state index in [-0.39, 0.29) is 16.8 Å². The normalized spacial score (nSPS) is 14.0. The van der Waals surface area contributed by atoms with Gasteiger partial charge in [-0.1, -0.05) is 24.9 Å². The number of hydrogen-bond donors (Lipinski definition) is 1. The maximum absolute atomic E-state index is 13.4. The maximum Gasteiger partial charge on any atom is 0.149 e. The van der Waals surface area contributed by atoms with Crippen LogP contribution in [0.1, 0.15) is 55.5 Å². The van der Waals surface area contributed by atoms with Gasteiger partial charge in [-0.15, -0.1) is 11.3 Å². The second-order valence-corrected chi connectivity index (χ2v) is 6.33. The van der Waals surface area contributed by atoms with Gasteiger partial charge < -0.3 is 5.32 Å². The summed E-state index contributed by atoms with van der Waals surface area (Å²) in [5, 5.41) is 5.67. The fraction of sp³-hybridized carbons (Fsp3) is 0.467. The molecule has 0 radical (unpaired) electrons. The number of aromatic nitrogens is 2. The van der Waals surface area contributed by atoms with Gasteiger partial charge >= 0.3 is 0 Å². The smallest absolute Gasteiger partial charge is 0.149 e. The summed E-state index contributed by atoms with van der Waals surface area (Å²) in [6.07, 6.45) is 2.34. The Balaban J connectivity index is 2.15. The summed E-state index contributed by atoms with van der Waals surface area (Å²) in [6.45, 7) is 5.62. The molecule has 0 amide bonds. The molecule has 2 aromatic rings. The lowest BCUT2D eigenvalue weighted by Gasteiger charge is -2.15. The van der Waals surface area contributed by atoms with Gasteiger partial charge in [0.1, 0.15) is 23.3 Å². The summed E-state index contributed by atoms with van der Waals surface area (Å²) in [5.74, 6) is 0.476. The van der Waals surface area contributed by atoms with Crippen LogP contribution in [0, 0.1) is 0 Å². The molecule has 2 rings (SSSR count). The van der Waals surface area contributed by atoms with Crippen LogP contribution in [0.3, 0.4) is 0 Å². The molecule has 0 aliphatic heterocycles. The van der Waals surface area contributed by atoms with Crippen LogP contribution >= 0.6 is 22.9 Å². The number of nitrogens with one attached hydrogen (secondary N) is 1. The van der Waals surface area contributed by atoms with E-state index >= 15 is 0 Å². The SMILES string of the molecule is CCCc1csc(C(C)Nc2ncnc(C(C)F)c2Cl)c1. The predicted octanol–water partition coefficient (Wildman–Crippen LogP) is 5.35. The molecule has 0 aromatic carbocycles. The van der Waals surface area contributed by atoms with E-state index in [0.717, 1.165) is 12.8 Å². The van der Waals surface area contributed by atoms with Crippen LogP contribution < -0.4 is 5.32 Å². The molecule has 0 saturated carbocycles. The summed E-state index contributed by atoms with van der Waals surface area (Å²) >= 11 is 7.88. The third-order valence-electron chi connectivity index (χ3n) is 3.19. The van der Waals surface area contributed by atoms with Crippen molar-refractivity contribution in [2.45, 2.75) is 45.8 Å². The predicted molar refractivity (Wildman–Crippen MR) is 86.9 cm³/mol. The highest BCUT2D eigenvalue weighted by Gasteiger charge is 2.17. The van der Waals surface area contributed by atoms with Gasteiger partial charge in [-0.3, -0.25) is 0 Å². The topological polar surface area (TPSA) is 37.8 Å². The molecule has 114 valence electrons. The van der Waals surface area contributed by atoms with Gasteiger partial charge in [0.15, 0.2) is 0 Å². The molecule has 0 aliphatic rings. The van der Waals surface area contributed by atoms with Crippen LogP contribution in [0.25, 0.3) is 0 Å². The Morgan fingerprint density at radius 2 is 2.14 bits per heavy atom. The molecule has 2 heterocycles. The molecule has 2 atom stereocenters. The van der Waals surface area contributed by atoms with Gasteiger partial charge in [0.2, 0.25) is 0 Å². The molecule has 0 bridgehead atoms. The Morgan fingerprint density at radius 1 is 1.38 bits per heavy atom. The Hall–Kier alpha value is -1.20. The van der Waals surface area contributed by atoms with Crippen molar-refractivity contribution in [3.05, 3.63) is 38.9 Å². The summed E-state index contributed by atoms with van der Waals surface area (Å²) in [4.78, 5) is 9.22. The summed E-state index contributed by atoms with van der Waals surface area (Å²) in [6, 6.07) is 2.26. The van der Waals surface area contributed by atoms with Crippen molar-refractivity contribution in [2.75, 3.05) is 5.32 Å². The first-order chi connectivity index (χ1) is 10.0. The minimum absolute atomic E-state index is 0.0655. The standard InChI is InChI=1S/C15H19ClFN3S/c1-4-5-11-6-12(21-7-11)10(3)20-15-13(16)14(9(2)17)18-8-19-15/h6-10H,4-5H2,1-3H3,(H,18,19,20). The first-order valence-electron chi connectivity index (χ1n) is 7.01. The molecule has 21 heavy (non-hydrogen) atoms. The average molecular weight is 328 g/mol. The van der Waals surface area contributed by atoms with E-state index in [4.69, 9.17) is 11.6 Å². The Labute approximate surface area is 133 Å². The number of anilines is 1. The zero-order chi connectivity index (χ0) is 15.4. The maximum atomic E-state index is 13.4. The van der Waals surface area contributed by atoms with Crippen LogP contribution in [-0.4, -0.2) is 9.97 Å². The van der Waals surface area contributed by atoms with Crippen LogP contribution in [0.4, 0.5) is 10.2 Å². The zero-order valence-electron chi connectivity index (χ0n) is 12.4. The molecule has 1 N–H and O–H groups in total. The van der Waals surface area contributed by atoms with E-state index in [0.29, 0.717) is 5.82 Å². The minimum Gasteiger partial charge on any atom is -0.361 e. The third kappa shape index (κ3) is 3.92. The number of alkyl halides is 1. The van der Waals surface area contributed by atoms with Gasteiger partial charge in [0.05, 0.1) is 11.7 Å². The molecule has 0 fully saturated rings. The van der Waals surface area contributed by atoms with Crippen LogP contribution in [-0.2, 0) is 6.42 Å². The highest BCUT2D eigenvalue weighted by Crippen LogP contribution is 2.31. The average Bonchev–Trinajstić information content (AvgIpc) is 2.90. The Bertz CT molecular complexity index is 600. The van der Waals surface area contributed by atoms with E-state index < -0.39 is 6.17 Å². The lowest BCUT2D eigenvalue weighted by Crippen LogP contribution is -2.09. The van der Waals surface area contributed by atoms with Crippen molar-refractivity contribution in [1.82, 2.24) is 9.97 Å². The summed E-state index contributed by atoms with van der Waals surface area (Å²) < 4.78 is 13.4. The third-order valence-corrected chi connectivity index (χ3v) is 4.72. The first kappa shape index (κ1) is 16.2. The van der Waals surface area contributed by atoms with Crippen molar-refractivity contribution in [1.29, 1.82) is 0 Å². The van der Waals surface area contributed by atoms with Crippen molar-refractivity contribution >= 4 is 28.8 Å². The van der Waals surface area contributed by atoms with Crippen LogP contribution in [0.5, 0.6) is 0 Å². The van der Waals surface area contributed by atoms with E-state index in [1.54, 1.807) is 11.3 Å². The highest BCUT2D eigenvalue weighted by atomic mass is 35.5. The fourth-order valence-corrected chi connectivity index (χ4v) is 3.34. The molecule has 0 spiro atoms. The number of halogens is 2. The molecule has 6 heteroatoms. The van der Waals surface area contributed by atoms with Crippen molar-refractivity contribution in [3.8, 4) is 0 Å². The molecular formula is C15H19ClFN3S. The fourth-order valence-electron chi connectivity index (χ4n) is 2.08. The molecular weight excluding hydrogens is 309 g/mol. The van der Waals surface area contributed by atoms with Crippen molar-refractivity contribution in [2.24, 2.45) is 0 Å². The second kappa shape index (κ2) is 7.18. The molecule has 0 aliphatic carbocycles. The number of nitrogens with zero attached hydrogens (tertiary/aromatic N) is 2. The van der Waals surface area contributed by atoms with Crippen LogP contribution in [0.2, 0.25) is 5.02 Å². The monoisotopic (exact) mass is 327 g/mol. The van der Waals surface area contributed by atoms with Gasteiger partial charge in [-0.2, -0.15) is 0 Å². The minimum atomic E-state index is -1.21. The van der Waals surface area contributed by atoms with Gasteiger partial charge in [-0.05, 0) is 37.3 Å². The number of aryl methyl sites for hydroxylation is 1. The lowest BCUT2D eigenvalue weighted by atomic mass is 10.1. The number of rotatable bonds is 6. The largest absolute Gasteiger partial charge is 0.361 e. The summed E-state index contributed by atoms with van der Waals surface area (Å²) in [7, 11) is 0. The molecule has 2 unspecified atom stereocenters. The van der Waals surface area contributed by atoms with Gasteiger partial charge in [0.25, 0.3) is 0 Å². The van der Waals surface area contributed by atoms with Crippen molar-refractivity contribution < 1.29 is 4.39 Å². The number of thiophene rings is 1. The Kier molecular flexibility index (Phi) is 5.53. The van der Waals surface area contributed by atoms with Gasteiger partial charge in [-0.25, -0.2) is 14.4 Å². The van der Waals surface area contributed by atoms with E-state index in [1.807, 2.05) is 6.92 Å².